The van der Waals surface area contributed by atoms with E-state index in [1.807, 2.05) is 0 Å². The van der Waals surface area contributed by atoms with Gasteiger partial charge in [-0.25, -0.2) is 4.39 Å². The molecule has 152 valence electrons. The van der Waals surface area contributed by atoms with Crippen LogP contribution in [-0.2, 0) is 11.2 Å². The first-order valence-corrected chi connectivity index (χ1v) is 8.53. The number of hydrogen-bond acceptors (Lipinski definition) is 5. The van der Waals surface area contributed by atoms with Gasteiger partial charge < -0.3 is 14.6 Å². The summed E-state index contributed by atoms with van der Waals surface area (Å²) < 4.78 is 58.6. The van der Waals surface area contributed by atoms with Gasteiger partial charge >= 0.3 is 6.36 Å². The number of ether oxygens (including phenoxy) is 1. The number of alkyl halides is 3. The Kier molecular flexibility index (Phi) is 6.10. The number of aryl methyl sites for hydroxylation is 1. The van der Waals surface area contributed by atoms with Crippen LogP contribution in [-0.4, -0.2) is 22.4 Å². The van der Waals surface area contributed by atoms with Crippen LogP contribution in [0.15, 0.2) is 53.1 Å². The Hall–Kier alpha value is -3.43. The van der Waals surface area contributed by atoms with Crippen molar-refractivity contribution in [3.05, 3.63) is 60.2 Å². The molecule has 0 bridgehead atoms. The summed E-state index contributed by atoms with van der Waals surface area (Å²) in [4.78, 5) is 16.2. The maximum Gasteiger partial charge on any atom is 0.573 e. The van der Waals surface area contributed by atoms with Crippen LogP contribution in [0, 0.1) is 5.82 Å². The highest BCUT2D eigenvalue weighted by atomic mass is 19.4. The van der Waals surface area contributed by atoms with Crippen molar-refractivity contribution >= 4 is 11.6 Å². The summed E-state index contributed by atoms with van der Waals surface area (Å²) in [6, 6.07) is 10.6. The maximum atomic E-state index is 12.9. The fourth-order valence-corrected chi connectivity index (χ4v) is 2.47. The number of carbonyl (C=O) groups excluding carboxylic acids is 1. The molecule has 6 nitrogen and oxygen atoms in total. The molecule has 1 heterocycles. The predicted octanol–water partition coefficient (Wildman–Crippen LogP) is 4.74. The van der Waals surface area contributed by atoms with Crippen LogP contribution < -0.4 is 10.1 Å². The largest absolute Gasteiger partial charge is 0.573 e. The lowest BCUT2D eigenvalue weighted by molar-refractivity contribution is -0.274. The highest BCUT2D eigenvalue weighted by Crippen LogP contribution is 2.25. The number of rotatable bonds is 7. The molecular formula is C19H15F4N3O3. The second kappa shape index (κ2) is 8.72. The first-order valence-electron chi connectivity index (χ1n) is 8.53. The molecule has 0 spiro atoms. The minimum absolute atomic E-state index is 0.0959. The SMILES string of the molecule is O=C(CCCc1nc(-c2ccc(F)cc2)no1)Nc1cccc(OC(F)(F)F)c1. The molecule has 0 aliphatic heterocycles. The number of carbonyl (C=O) groups is 1. The topological polar surface area (TPSA) is 77.2 Å². The van der Waals surface area contributed by atoms with Gasteiger partial charge in [0.15, 0.2) is 0 Å². The summed E-state index contributed by atoms with van der Waals surface area (Å²) >= 11 is 0. The van der Waals surface area contributed by atoms with Crippen LogP contribution in [0.25, 0.3) is 11.4 Å². The van der Waals surface area contributed by atoms with Crippen molar-refractivity contribution in [1.29, 1.82) is 0 Å². The van der Waals surface area contributed by atoms with E-state index in [9.17, 15) is 22.4 Å². The quantitative estimate of drug-likeness (QED) is 0.571. The van der Waals surface area contributed by atoms with Gasteiger partial charge in [0, 0.05) is 30.2 Å². The van der Waals surface area contributed by atoms with E-state index in [1.165, 1.54) is 36.4 Å². The van der Waals surface area contributed by atoms with Crippen LogP contribution in [0.3, 0.4) is 0 Å². The van der Waals surface area contributed by atoms with Crippen molar-refractivity contribution in [1.82, 2.24) is 10.1 Å². The van der Waals surface area contributed by atoms with Gasteiger partial charge in [-0.1, -0.05) is 11.2 Å². The number of aromatic nitrogens is 2. The molecule has 3 rings (SSSR count). The van der Waals surface area contributed by atoms with E-state index in [4.69, 9.17) is 4.52 Å². The minimum atomic E-state index is -4.81. The molecule has 0 atom stereocenters. The molecular weight excluding hydrogens is 394 g/mol. The molecule has 1 amide bonds. The highest BCUT2D eigenvalue weighted by molar-refractivity contribution is 5.90. The van der Waals surface area contributed by atoms with Crippen molar-refractivity contribution in [2.24, 2.45) is 0 Å². The third kappa shape index (κ3) is 6.30. The molecule has 0 radical (unpaired) electrons. The van der Waals surface area contributed by atoms with E-state index in [0.717, 1.165) is 12.1 Å². The van der Waals surface area contributed by atoms with E-state index >= 15 is 0 Å². The van der Waals surface area contributed by atoms with Gasteiger partial charge in [0.2, 0.25) is 17.6 Å². The third-order valence-corrected chi connectivity index (χ3v) is 3.72. The van der Waals surface area contributed by atoms with Crippen molar-refractivity contribution in [2.75, 3.05) is 5.32 Å². The van der Waals surface area contributed by atoms with Crippen molar-refractivity contribution in [2.45, 2.75) is 25.6 Å². The number of halogens is 4. The number of anilines is 1. The van der Waals surface area contributed by atoms with Gasteiger partial charge in [0.25, 0.3) is 0 Å². The van der Waals surface area contributed by atoms with Crippen LogP contribution in [0.4, 0.5) is 23.2 Å². The summed E-state index contributed by atoms with van der Waals surface area (Å²) in [7, 11) is 0. The Bertz CT molecular complexity index is 971. The molecule has 3 aromatic rings. The number of benzene rings is 2. The lowest BCUT2D eigenvalue weighted by Gasteiger charge is -2.10. The zero-order chi connectivity index (χ0) is 20.9. The minimum Gasteiger partial charge on any atom is -0.406 e. The van der Waals surface area contributed by atoms with E-state index < -0.39 is 12.1 Å². The Balaban J connectivity index is 1.48. The van der Waals surface area contributed by atoms with Gasteiger partial charge in [0.05, 0.1) is 0 Å². The number of nitrogens with one attached hydrogen (secondary N) is 1. The van der Waals surface area contributed by atoms with Crippen LogP contribution in [0.5, 0.6) is 5.75 Å². The van der Waals surface area contributed by atoms with E-state index in [2.05, 4.69) is 20.2 Å². The first-order chi connectivity index (χ1) is 13.8. The fraction of sp³-hybridized carbons (Fsp3) is 0.211. The lowest BCUT2D eigenvalue weighted by Crippen LogP contribution is -2.17. The zero-order valence-corrected chi connectivity index (χ0v) is 14.9. The molecule has 1 aromatic heterocycles. The second-order valence-electron chi connectivity index (χ2n) is 6.00. The standard InChI is InChI=1S/C19H15F4N3O3/c20-13-9-7-12(8-10-13)18-25-17(29-26-18)6-2-5-16(27)24-14-3-1-4-15(11-14)28-19(21,22)23/h1,3-4,7-11H,2,5-6H2,(H,24,27). The number of amides is 1. The number of nitrogens with zero attached hydrogens (tertiary/aromatic N) is 2. The van der Waals surface area contributed by atoms with Crippen LogP contribution >= 0.6 is 0 Å². The first kappa shape index (κ1) is 20.3. The highest BCUT2D eigenvalue weighted by Gasteiger charge is 2.31. The van der Waals surface area contributed by atoms with E-state index in [0.29, 0.717) is 30.1 Å². The Morgan fingerprint density at radius 2 is 1.90 bits per heavy atom. The average Bonchev–Trinajstić information content (AvgIpc) is 3.10. The predicted molar refractivity (Wildman–Crippen MR) is 94.4 cm³/mol. The molecule has 0 aliphatic carbocycles. The van der Waals surface area contributed by atoms with Gasteiger partial charge in [-0.15, -0.1) is 13.2 Å². The molecule has 29 heavy (non-hydrogen) atoms. The molecule has 10 heteroatoms. The number of hydrogen-bond donors (Lipinski definition) is 1. The molecule has 0 fully saturated rings. The average molecular weight is 409 g/mol. The van der Waals surface area contributed by atoms with Crippen LogP contribution in [0.1, 0.15) is 18.7 Å². The van der Waals surface area contributed by atoms with E-state index in [1.54, 1.807) is 0 Å². The summed E-state index contributed by atoms with van der Waals surface area (Å²) in [5.41, 5.74) is 0.785. The molecule has 1 N–H and O–H groups in total. The summed E-state index contributed by atoms with van der Waals surface area (Å²) in [5, 5.41) is 6.31. The van der Waals surface area contributed by atoms with Crippen molar-refractivity contribution in [3.63, 3.8) is 0 Å². The van der Waals surface area contributed by atoms with Crippen molar-refractivity contribution in [3.8, 4) is 17.1 Å². The maximum absolute atomic E-state index is 12.9. The van der Waals surface area contributed by atoms with Gasteiger partial charge in [-0.3, -0.25) is 4.79 Å². The fourth-order valence-electron chi connectivity index (χ4n) is 2.47. The molecule has 0 saturated carbocycles. The van der Waals surface area contributed by atoms with Gasteiger partial charge in [-0.2, -0.15) is 4.98 Å². The monoisotopic (exact) mass is 409 g/mol. The summed E-state index contributed by atoms with van der Waals surface area (Å²) in [6.45, 7) is 0. The molecule has 0 aliphatic rings. The summed E-state index contributed by atoms with van der Waals surface area (Å²) in [6.07, 6.45) is -3.99. The Morgan fingerprint density at radius 1 is 1.14 bits per heavy atom. The van der Waals surface area contributed by atoms with Gasteiger partial charge in [0.1, 0.15) is 11.6 Å². The normalized spacial score (nSPS) is 11.3. The van der Waals surface area contributed by atoms with Crippen LogP contribution in [0.2, 0.25) is 0 Å². The second-order valence-corrected chi connectivity index (χ2v) is 6.00. The van der Waals surface area contributed by atoms with Crippen molar-refractivity contribution < 1.29 is 31.6 Å². The smallest absolute Gasteiger partial charge is 0.406 e. The lowest BCUT2D eigenvalue weighted by atomic mass is 10.2. The summed E-state index contributed by atoms with van der Waals surface area (Å²) in [5.74, 6) is -0.551. The molecule has 2 aromatic carbocycles. The third-order valence-electron chi connectivity index (χ3n) is 3.72. The molecule has 0 saturated heterocycles. The molecule has 0 unspecified atom stereocenters. The Morgan fingerprint density at radius 3 is 2.62 bits per heavy atom. The Labute approximate surface area is 162 Å². The zero-order valence-electron chi connectivity index (χ0n) is 14.9. The van der Waals surface area contributed by atoms with Gasteiger partial charge in [-0.05, 0) is 42.8 Å². The van der Waals surface area contributed by atoms with E-state index in [-0.39, 0.29) is 23.8 Å².